The summed E-state index contributed by atoms with van der Waals surface area (Å²) in [5.41, 5.74) is 1.12. The molecular formula is C12H23N3O2. The molecule has 0 saturated carbocycles. The van der Waals surface area contributed by atoms with Crippen LogP contribution in [0.1, 0.15) is 26.3 Å². The van der Waals surface area contributed by atoms with Gasteiger partial charge in [0.25, 0.3) is 0 Å². The second-order valence-corrected chi connectivity index (χ2v) is 5.20. The van der Waals surface area contributed by atoms with Gasteiger partial charge in [-0.25, -0.2) is 0 Å². The Morgan fingerprint density at radius 1 is 1.53 bits per heavy atom. The molecule has 0 fully saturated rings. The highest BCUT2D eigenvalue weighted by atomic mass is 16.5. The average Bonchev–Trinajstić information content (AvgIpc) is 2.66. The zero-order valence-electron chi connectivity index (χ0n) is 11.1. The van der Waals surface area contributed by atoms with Crippen molar-refractivity contribution in [3.8, 4) is 0 Å². The van der Waals surface area contributed by atoms with Crippen LogP contribution in [0.4, 0.5) is 0 Å². The molecule has 17 heavy (non-hydrogen) atoms. The van der Waals surface area contributed by atoms with Crippen LogP contribution in [-0.4, -0.2) is 41.3 Å². The molecule has 1 heterocycles. The molecule has 0 aliphatic carbocycles. The molecule has 1 aromatic heterocycles. The maximum atomic E-state index is 9.45. The average molecular weight is 241 g/mol. The Hall–Kier alpha value is -0.910. The highest BCUT2D eigenvalue weighted by molar-refractivity contribution is 5.04. The van der Waals surface area contributed by atoms with E-state index in [0.29, 0.717) is 19.7 Å². The summed E-state index contributed by atoms with van der Waals surface area (Å²) in [7, 11) is 1.58. The Morgan fingerprint density at radius 3 is 2.76 bits per heavy atom. The van der Waals surface area contributed by atoms with Crippen molar-refractivity contribution < 1.29 is 9.84 Å². The van der Waals surface area contributed by atoms with Crippen LogP contribution >= 0.6 is 0 Å². The molecule has 1 aromatic rings. The summed E-state index contributed by atoms with van der Waals surface area (Å²) in [4.78, 5) is 0. The molecule has 1 atom stereocenters. The van der Waals surface area contributed by atoms with Gasteiger partial charge in [-0.1, -0.05) is 0 Å². The molecule has 0 amide bonds. The minimum Gasteiger partial charge on any atom is -0.389 e. The molecule has 2 N–H and O–H groups in total. The van der Waals surface area contributed by atoms with Gasteiger partial charge in [0.2, 0.25) is 0 Å². The molecule has 1 rings (SSSR count). The van der Waals surface area contributed by atoms with Gasteiger partial charge in [0.1, 0.15) is 0 Å². The molecule has 5 nitrogen and oxygen atoms in total. The van der Waals surface area contributed by atoms with Gasteiger partial charge in [-0.05, 0) is 20.8 Å². The van der Waals surface area contributed by atoms with E-state index in [2.05, 4.69) is 31.2 Å². The Morgan fingerprint density at radius 2 is 2.24 bits per heavy atom. The third kappa shape index (κ3) is 4.85. The lowest BCUT2D eigenvalue weighted by atomic mass is 10.1. The molecule has 0 aliphatic heterocycles. The Kier molecular flexibility index (Phi) is 5.11. The number of hydrogen-bond donors (Lipinski definition) is 2. The predicted octanol–water partition coefficient (Wildman–Crippen LogP) is 0.735. The summed E-state index contributed by atoms with van der Waals surface area (Å²) in [6, 6.07) is 0. The van der Waals surface area contributed by atoms with Crippen molar-refractivity contribution in [2.45, 2.75) is 39.0 Å². The molecule has 0 radical (unpaired) electrons. The highest BCUT2D eigenvalue weighted by Crippen LogP contribution is 2.12. The standard InChI is InChI=1S/C12H23N3O2/c1-12(2,3)15-8-10(6-14-15)5-13-7-11(16)9-17-4/h6,8,11,13,16H,5,7,9H2,1-4H3. The smallest absolute Gasteiger partial charge is 0.0897 e. The van der Waals surface area contributed by atoms with Crippen molar-refractivity contribution in [1.82, 2.24) is 15.1 Å². The van der Waals surface area contributed by atoms with E-state index < -0.39 is 6.10 Å². The van der Waals surface area contributed by atoms with Crippen LogP contribution in [0.3, 0.4) is 0 Å². The van der Waals surface area contributed by atoms with Crippen molar-refractivity contribution in [3.05, 3.63) is 18.0 Å². The molecule has 0 spiro atoms. The van der Waals surface area contributed by atoms with Gasteiger partial charge in [-0.3, -0.25) is 4.68 Å². The monoisotopic (exact) mass is 241 g/mol. The summed E-state index contributed by atoms with van der Waals surface area (Å²) in [5, 5.41) is 16.9. The fourth-order valence-corrected chi connectivity index (χ4v) is 1.45. The summed E-state index contributed by atoms with van der Waals surface area (Å²) >= 11 is 0. The Balaban J connectivity index is 2.35. The normalized spacial score (nSPS) is 13.9. The van der Waals surface area contributed by atoms with E-state index >= 15 is 0 Å². The predicted molar refractivity (Wildman–Crippen MR) is 66.8 cm³/mol. The number of aliphatic hydroxyl groups excluding tert-OH is 1. The second-order valence-electron chi connectivity index (χ2n) is 5.20. The van der Waals surface area contributed by atoms with Gasteiger partial charge < -0.3 is 15.2 Å². The quantitative estimate of drug-likeness (QED) is 0.771. The zero-order valence-corrected chi connectivity index (χ0v) is 11.1. The van der Waals surface area contributed by atoms with E-state index in [-0.39, 0.29) is 5.54 Å². The maximum Gasteiger partial charge on any atom is 0.0897 e. The molecule has 98 valence electrons. The molecular weight excluding hydrogens is 218 g/mol. The number of aliphatic hydroxyl groups is 1. The largest absolute Gasteiger partial charge is 0.389 e. The fourth-order valence-electron chi connectivity index (χ4n) is 1.45. The van der Waals surface area contributed by atoms with E-state index in [9.17, 15) is 5.11 Å². The first kappa shape index (κ1) is 14.2. The lowest BCUT2D eigenvalue weighted by molar-refractivity contribution is 0.0644. The molecule has 0 saturated heterocycles. The van der Waals surface area contributed by atoms with Crippen LogP contribution in [0.15, 0.2) is 12.4 Å². The van der Waals surface area contributed by atoms with E-state index in [1.807, 2.05) is 17.1 Å². The topological polar surface area (TPSA) is 59.3 Å². The van der Waals surface area contributed by atoms with Crippen LogP contribution < -0.4 is 5.32 Å². The number of nitrogens with zero attached hydrogens (tertiary/aromatic N) is 2. The van der Waals surface area contributed by atoms with Crippen molar-refractivity contribution in [1.29, 1.82) is 0 Å². The number of ether oxygens (including phenoxy) is 1. The van der Waals surface area contributed by atoms with Crippen molar-refractivity contribution in [2.75, 3.05) is 20.3 Å². The first-order valence-electron chi connectivity index (χ1n) is 5.85. The van der Waals surface area contributed by atoms with Gasteiger partial charge in [0.05, 0.1) is 24.4 Å². The molecule has 5 heteroatoms. The van der Waals surface area contributed by atoms with Gasteiger partial charge in [0.15, 0.2) is 0 Å². The number of aromatic nitrogens is 2. The maximum absolute atomic E-state index is 9.45. The summed E-state index contributed by atoms with van der Waals surface area (Å²) in [6.07, 6.45) is 3.41. The second kappa shape index (κ2) is 6.14. The highest BCUT2D eigenvalue weighted by Gasteiger charge is 2.13. The van der Waals surface area contributed by atoms with Gasteiger partial charge in [-0.15, -0.1) is 0 Å². The van der Waals surface area contributed by atoms with Crippen LogP contribution in [0, 0.1) is 0 Å². The fraction of sp³-hybridized carbons (Fsp3) is 0.750. The number of methoxy groups -OCH3 is 1. The van der Waals surface area contributed by atoms with Gasteiger partial charge in [-0.2, -0.15) is 5.10 Å². The first-order chi connectivity index (χ1) is 7.93. The summed E-state index contributed by atoms with van der Waals surface area (Å²) in [5.74, 6) is 0. The molecule has 1 unspecified atom stereocenters. The molecule has 0 aliphatic rings. The number of hydrogen-bond acceptors (Lipinski definition) is 4. The van der Waals surface area contributed by atoms with Crippen molar-refractivity contribution in [3.63, 3.8) is 0 Å². The van der Waals surface area contributed by atoms with E-state index in [4.69, 9.17) is 4.74 Å². The molecule has 0 aromatic carbocycles. The van der Waals surface area contributed by atoms with E-state index in [1.54, 1.807) is 7.11 Å². The van der Waals surface area contributed by atoms with E-state index in [0.717, 1.165) is 5.56 Å². The van der Waals surface area contributed by atoms with Crippen LogP contribution in [0.5, 0.6) is 0 Å². The van der Waals surface area contributed by atoms with Gasteiger partial charge in [0, 0.05) is 32.0 Å². The Bertz CT molecular complexity index is 331. The third-order valence-electron chi connectivity index (χ3n) is 2.39. The third-order valence-corrected chi connectivity index (χ3v) is 2.39. The van der Waals surface area contributed by atoms with Crippen LogP contribution in [0.2, 0.25) is 0 Å². The SMILES string of the molecule is COCC(O)CNCc1cnn(C(C)(C)C)c1. The molecule has 0 bridgehead atoms. The van der Waals surface area contributed by atoms with E-state index in [1.165, 1.54) is 0 Å². The Labute approximate surface area is 103 Å². The summed E-state index contributed by atoms with van der Waals surface area (Å²) in [6.45, 7) is 7.91. The first-order valence-corrected chi connectivity index (χ1v) is 5.85. The number of nitrogens with one attached hydrogen (secondary N) is 1. The lowest BCUT2D eigenvalue weighted by Gasteiger charge is -2.18. The van der Waals surface area contributed by atoms with Gasteiger partial charge >= 0.3 is 0 Å². The number of rotatable bonds is 6. The summed E-state index contributed by atoms with van der Waals surface area (Å²) < 4.78 is 6.79. The van der Waals surface area contributed by atoms with Crippen molar-refractivity contribution >= 4 is 0 Å². The minimum absolute atomic E-state index is 0.00775. The minimum atomic E-state index is -0.460. The van der Waals surface area contributed by atoms with Crippen LogP contribution in [-0.2, 0) is 16.8 Å². The zero-order chi connectivity index (χ0) is 12.9. The van der Waals surface area contributed by atoms with Crippen LogP contribution in [0.25, 0.3) is 0 Å². The lowest BCUT2D eigenvalue weighted by Crippen LogP contribution is -2.29. The van der Waals surface area contributed by atoms with Crippen molar-refractivity contribution in [2.24, 2.45) is 0 Å².